The minimum Gasteiger partial charge on any atom is -0.302 e. The fourth-order valence-corrected chi connectivity index (χ4v) is 3.66. The van der Waals surface area contributed by atoms with Gasteiger partial charge in [-0.2, -0.15) is 0 Å². The molecule has 0 aliphatic carbocycles. The van der Waals surface area contributed by atoms with Crippen LogP contribution in [-0.2, 0) is 9.59 Å². The van der Waals surface area contributed by atoms with E-state index in [0.29, 0.717) is 27.4 Å². The van der Waals surface area contributed by atoms with E-state index in [9.17, 15) is 9.59 Å². The molecular weight excluding hydrogens is 499 g/mol. The number of fused-ring (bicyclic) bond motifs is 1. The first-order valence-electron chi connectivity index (χ1n) is 7.81. The number of benzene rings is 2. The quantitative estimate of drug-likeness (QED) is 0.316. The predicted octanol–water partition coefficient (Wildman–Crippen LogP) is 3.17. The van der Waals surface area contributed by atoms with E-state index in [1.165, 1.54) is 0 Å². The van der Waals surface area contributed by atoms with Crippen LogP contribution < -0.4 is 10.6 Å². The van der Waals surface area contributed by atoms with Crippen molar-refractivity contribution in [2.45, 2.75) is 5.92 Å². The molecule has 1 aliphatic rings. The summed E-state index contributed by atoms with van der Waals surface area (Å²) in [4.78, 5) is 34.2. The van der Waals surface area contributed by atoms with Crippen LogP contribution in [0.5, 0.6) is 0 Å². The van der Waals surface area contributed by atoms with Crippen LogP contribution in [0.15, 0.2) is 42.5 Å². The lowest BCUT2D eigenvalue weighted by molar-refractivity contribution is -0.131. The van der Waals surface area contributed by atoms with Gasteiger partial charge in [0.1, 0.15) is 0 Å². The third-order valence-corrected chi connectivity index (χ3v) is 5.19. The Bertz CT molecular complexity index is 1100. The first-order chi connectivity index (χ1) is 12.9. The molecule has 134 valence electrons. The summed E-state index contributed by atoms with van der Waals surface area (Å²) in [5.41, 5.74) is 1.70. The lowest BCUT2D eigenvalue weighted by atomic mass is 9.97. The molecule has 2 amide bonds. The number of hydrogen-bond donors (Lipinski definition) is 2. The minimum absolute atomic E-state index is 0.00730. The van der Waals surface area contributed by atoms with Gasteiger partial charge in [0.15, 0.2) is 16.9 Å². The molecule has 1 fully saturated rings. The number of thiocarbonyl (C=S) groups is 1. The van der Waals surface area contributed by atoms with E-state index in [2.05, 4.69) is 43.2 Å². The van der Waals surface area contributed by atoms with Crippen LogP contribution in [0.1, 0.15) is 11.6 Å². The van der Waals surface area contributed by atoms with Crippen LogP contribution in [0, 0.1) is 3.57 Å². The first kappa shape index (κ1) is 18.2. The molecule has 2 aromatic carbocycles. The maximum atomic E-state index is 12.5. The summed E-state index contributed by atoms with van der Waals surface area (Å²) in [6.07, 6.45) is 0. The largest absolute Gasteiger partial charge is 0.302 e. The molecule has 9 heteroatoms. The van der Waals surface area contributed by atoms with E-state index in [-0.39, 0.29) is 5.11 Å². The number of amides is 2. The molecule has 1 aliphatic heterocycles. The van der Waals surface area contributed by atoms with Gasteiger partial charge in [0.05, 0.1) is 11.2 Å². The van der Waals surface area contributed by atoms with E-state index in [0.717, 1.165) is 9.13 Å². The Morgan fingerprint density at radius 3 is 2.33 bits per heavy atom. The van der Waals surface area contributed by atoms with Gasteiger partial charge >= 0.3 is 0 Å². The van der Waals surface area contributed by atoms with Crippen LogP contribution in [0.3, 0.4) is 0 Å². The van der Waals surface area contributed by atoms with Crippen molar-refractivity contribution in [3.05, 3.63) is 56.8 Å². The maximum absolute atomic E-state index is 12.5. The Hall–Kier alpha value is -2.17. The van der Waals surface area contributed by atoms with Gasteiger partial charge in [-0.15, -0.1) is 0 Å². The van der Waals surface area contributed by atoms with Gasteiger partial charge in [0, 0.05) is 19.5 Å². The zero-order valence-electron chi connectivity index (χ0n) is 13.5. The van der Waals surface area contributed by atoms with E-state index in [4.69, 9.17) is 23.8 Å². The third kappa shape index (κ3) is 3.52. The highest BCUT2D eigenvalue weighted by Gasteiger charge is 2.36. The lowest BCUT2D eigenvalue weighted by Crippen LogP contribution is -2.54. The number of aromatic nitrogens is 2. The van der Waals surface area contributed by atoms with Crippen molar-refractivity contribution in [3.8, 4) is 11.4 Å². The van der Waals surface area contributed by atoms with Gasteiger partial charge in [0.2, 0.25) is 11.8 Å². The molecule has 2 N–H and O–H groups in total. The molecule has 1 aromatic heterocycles. The van der Waals surface area contributed by atoms with Crippen LogP contribution in [0.25, 0.3) is 22.3 Å². The highest BCUT2D eigenvalue weighted by Crippen LogP contribution is 2.29. The number of hydrogen-bond acceptors (Lipinski definition) is 5. The molecule has 6 nitrogen and oxygen atoms in total. The zero-order chi connectivity index (χ0) is 19.1. The molecule has 1 saturated heterocycles. The molecule has 0 radical (unpaired) electrons. The van der Waals surface area contributed by atoms with Gasteiger partial charge in [-0.3, -0.25) is 9.59 Å². The highest BCUT2D eigenvalue weighted by molar-refractivity contribution is 14.1. The topological polar surface area (TPSA) is 84.0 Å². The van der Waals surface area contributed by atoms with Gasteiger partial charge in [0.25, 0.3) is 0 Å². The molecule has 0 saturated carbocycles. The first-order valence-corrected chi connectivity index (χ1v) is 9.68. The van der Waals surface area contributed by atoms with Gasteiger partial charge in [-0.05, 0) is 77.3 Å². The average molecular weight is 509 g/mol. The highest BCUT2D eigenvalue weighted by atomic mass is 127. The Kier molecular flexibility index (Phi) is 4.79. The monoisotopic (exact) mass is 508 g/mol. The van der Waals surface area contributed by atoms with E-state index < -0.39 is 17.7 Å². The van der Waals surface area contributed by atoms with E-state index in [1.54, 1.807) is 24.3 Å². The molecule has 0 unspecified atom stereocenters. The molecule has 2 heterocycles. The summed E-state index contributed by atoms with van der Waals surface area (Å²) in [5.74, 6) is -1.73. The van der Waals surface area contributed by atoms with Crippen LogP contribution in [0.2, 0.25) is 5.02 Å². The second kappa shape index (κ2) is 7.10. The van der Waals surface area contributed by atoms with E-state index in [1.807, 2.05) is 18.2 Å². The molecule has 27 heavy (non-hydrogen) atoms. The summed E-state index contributed by atoms with van der Waals surface area (Å²) in [7, 11) is 0. The normalized spacial score (nSPS) is 15.0. The van der Waals surface area contributed by atoms with E-state index >= 15 is 0 Å². The molecule has 3 aromatic rings. The van der Waals surface area contributed by atoms with Crippen LogP contribution in [0.4, 0.5) is 0 Å². The molecule has 0 bridgehead atoms. The number of nitrogens with one attached hydrogen (secondary N) is 2. The van der Waals surface area contributed by atoms with Crippen molar-refractivity contribution in [1.29, 1.82) is 0 Å². The maximum Gasteiger partial charge on any atom is 0.244 e. The summed E-state index contributed by atoms with van der Waals surface area (Å²) >= 11 is 13.0. The summed E-state index contributed by atoms with van der Waals surface area (Å²) in [6.45, 7) is 0. The molecule has 4 rings (SSSR count). The van der Waals surface area contributed by atoms with Crippen molar-refractivity contribution in [1.82, 2.24) is 20.6 Å². The summed E-state index contributed by atoms with van der Waals surface area (Å²) < 4.78 is 0.941. The summed E-state index contributed by atoms with van der Waals surface area (Å²) in [6, 6.07) is 12.6. The van der Waals surface area contributed by atoms with Gasteiger partial charge in [-0.25, -0.2) is 9.97 Å². The number of halogens is 2. The number of nitrogens with zero attached hydrogens (tertiary/aromatic N) is 2. The molecular formula is C18H10ClIN4O2S. The van der Waals surface area contributed by atoms with Crippen molar-refractivity contribution in [2.75, 3.05) is 0 Å². The Labute approximate surface area is 177 Å². The fraction of sp³-hybridized carbons (Fsp3) is 0.0556. The van der Waals surface area contributed by atoms with Crippen molar-refractivity contribution >= 4 is 74.2 Å². The predicted molar refractivity (Wildman–Crippen MR) is 114 cm³/mol. The standard InChI is InChI=1S/C18H10ClIN4O2S/c19-9-3-1-8(2-4-9)15-21-12-6-5-10(20)7-11(12)14(22-15)13-16(25)23-18(27)24-17(13)26/h1-7,13H,(H2,23,24,25,26,27). The average Bonchev–Trinajstić information content (AvgIpc) is 2.61. The van der Waals surface area contributed by atoms with Crippen LogP contribution >= 0.6 is 46.4 Å². The Morgan fingerprint density at radius 2 is 1.67 bits per heavy atom. The summed E-state index contributed by atoms with van der Waals surface area (Å²) in [5, 5.41) is 6.20. The second-order valence-corrected chi connectivity index (χ2v) is 7.93. The Morgan fingerprint density at radius 1 is 1.00 bits per heavy atom. The molecule has 0 spiro atoms. The van der Waals surface area contributed by atoms with Crippen molar-refractivity contribution < 1.29 is 9.59 Å². The van der Waals surface area contributed by atoms with Gasteiger partial charge < -0.3 is 10.6 Å². The number of carbonyl (C=O) groups excluding carboxylic acids is 2. The molecule has 0 atom stereocenters. The van der Waals surface area contributed by atoms with Crippen LogP contribution in [-0.4, -0.2) is 26.9 Å². The van der Waals surface area contributed by atoms with Crippen molar-refractivity contribution in [2.24, 2.45) is 0 Å². The number of carbonyl (C=O) groups is 2. The lowest BCUT2D eigenvalue weighted by Gasteiger charge is -2.23. The smallest absolute Gasteiger partial charge is 0.244 e. The zero-order valence-corrected chi connectivity index (χ0v) is 17.2. The fourth-order valence-electron chi connectivity index (χ4n) is 2.84. The number of rotatable bonds is 2. The van der Waals surface area contributed by atoms with Crippen molar-refractivity contribution in [3.63, 3.8) is 0 Å². The second-order valence-electron chi connectivity index (χ2n) is 5.84. The third-order valence-electron chi connectivity index (χ3n) is 4.06. The van der Waals surface area contributed by atoms with Gasteiger partial charge in [-0.1, -0.05) is 11.6 Å². The Balaban J connectivity index is 1.95. The SMILES string of the molecule is O=C1NC(=S)NC(=O)C1c1nc(-c2ccc(Cl)cc2)nc2ccc(I)cc12. The minimum atomic E-state index is -1.12.